The van der Waals surface area contributed by atoms with Crippen molar-refractivity contribution < 1.29 is 44.9 Å². The minimum Gasteiger partial charge on any atom is -0.393 e. The van der Waals surface area contributed by atoms with Crippen LogP contribution >= 0.6 is 11.8 Å². The second kappa shape index (κ2) is 9.99. The van der Waals surface area contributed by atoms with Gasteiger partial charge in [0, 0.05) is 11.9 Å². The lowest BCUT2D eigenvalue weighted by molar-refractivity contribution is -0.00629. The van der Waals surface area contributed by atoms with Gasteiger partial charge in [-0.3, -0.25) is 22.8 Å². The summed E-state index contributed by atoms with van der Waals surface area (Å²) in [5.41, 5.74) is 4.67. The zero-order valence-electron chi connectivity index (χ0n) is 12.1. The van der Waals surface area contributed by atoms with E-state index in [2.05, 4.69) is 4.98 Å². The summed E-state index contributed by atoms with van der Waals surface area (Å²) in [7, 11) is -9.33. The number of hydrogen-bond acceptors (Lipinski definition) is 10. The van der Waals surface area contributed by atoms with Crippen molar-refractivity contribution in [3.63, 3.8) is 0 Å². The lowest BCUT2D eigenvalue weighted by atomic mass is 10.5. The van der Waals surface area contributed by atoms with Crippen LogP contribution in [0, 0.1) is 0 Å². The Morgan fingerprint density at radius 3 is 2.08 bits per heavy atom. The van der Waals surface area contributed by atoms with Gasteiger partial charge in [0.1, 0.15) is 17.5 Å². The Balaban J connectivity index is 0.000000480. The van der Waals surface area contributed by atoms with Gasteiger partial charge in [-0.05, 0) is 6.07 Å². The van der Waals surface area contributed by atoms with E-state index in [1.807, 2.05) is 0 Å². The Labute approximate surface area is 145 Å². The third-order valence-corrected chi connectivity index (χ3v) is 3.15. The predicted octanol–water partition coefficient (Wildman–Crippen LogP) is -1.90. The average molecular weight is 425 g/mol. The Morgan fingerprint density at radius 1 is 1.24 bits per heavy atom. The molecule has 25 heavy (non-hydrogen) atoms. The van der Waals surface area contributed by atoms with Crippen LogP contribution < -0.4 is 11.4 Å². The number of rotatable bonds is 2. The lowest BCUT2D eigenvalue weighted by Crippen LogP contribution is -2.28. The number of anilines is 1. The van der Waals surface area contributed by atoms with Gasteiger partial charge in [0.05, 0.1) is 6.61 Å². The highest BCUT2D eigenvalue weighted by Gasteiger charge is 2.27. The molecule has 1 saturated heterocycles. The Kier molecular flexibility index (Phi) is 9.47. The van der Waals surface area contributed by atoms with Gasteiger partial charge in [-0.1, -0.05) is 0 Å². The van der Waals surface area contributed by atoms with Crippen molar-refractivity contribution in [3.05, 3.63) is 22.7 Å². The predicted molar refractivity (Wildman–Crippen MR) is 84.7 cm³/mol. The monoisotopic (exact) mass is 425 g/mol. The highest BCUT2D eigenvalue weighted by Crippen LogP contribution is 2.30. The summed E-state index contributed by atoms with van der Waals surface area (Å²) in [6, 6.07) is 1.54. The molecule has 0 saturated carbocycles. The molecule has 0 spiro atoms. The number of ether oxygens (including phenoxy) is 1. The minimum atomic E-state index is -4.67. The SMILES string of the molecule is Nc1ccn([C@@H]2CS[C@H](CO)O2)c(=O)n1.O=S(=O)(O)O.O=S(=O)(O)O. The van der Waals surface area contributed by atoms with E-state index < -0.39 is 26.5 Å². The second-order valence-corrected chi connectivity index (χ2v) is 6.96. The standard InChI is InChI=1S/C8H11N3O3S.2H2O4S/c9-5-1-2-11(8(13)10-5)6-4-15-7(3-12)14-6;2*1-5(2,3)4/h1-2,6-7,12H,3-4H2,(H2,9,10,13);2*(H2,1,2,3,4)/t6-,7+;;/m0../s1. The molecule has 14 nitrogen and oxygen atoms in total. The van der Waals surface area contributed by atoms with Crippen molar-refractivity contribution in [2.45, 2.75) is 11.7 Å². The van der Waals surface area contributed by atoms with Gasteiger partial charge in [0.25, 0.3) is 0 Å². The molecule has 0 bridgehead atoms. The van der Waals surface area contributed by atoms with Crippen molar-refractivity contribution in [3.8, 4) is 0 Å². The number of aromatic nitrogens is 2. The molecule has 7 N–H and O–H groups in total. The summed E-state index contributed by atoms with van der Waals surface area (Å²) in [4.78, 5) is 15.0. The molecule has 17 heteroatoms. The molecule has 1 aliphatic rings. The van der Waals surface area contributed by atoms with Gasteiger partial charge < -0.3 is 15.6 Å². The molecule has 0 aromatic carbocycles. The summed E-state index contributed by atoms with van der Waals surface area (Å²) >= 11 is 1.47. The number of nitrogens with zero attached hydrogens (tertiary/aromatic N) is 2. The van der Waals surface area contributed by atoms with Crippen LogP contribution in [0.1, 0.15) is 6.23 Å². The molecule has 0 amide bonds. The maximum atomic E-state index is 11.4. The molecular weight excluding hydrogens is 410 g/mol. The number of thioether (sulfide) groups is 1. The van der Waals surface area contributed by atoms with E-state index in [-0.39, 0.29) is 24.1 Å². The van der Waals surface area contributed by atoms with Crippen LogP contribution in [0.2, 0.25) is 0 Å². The van der Waals surface area contributed by atoms with Gasteiger partial charge in [-0.2, -0.15) is 21.8 Å². The number of nitrogens with two attached hydrogens (primary N) is 1. The fraction of sp³-hybridized carbons (Fsp3) is 0.500. The fourth-order valence-electron chi connectivity index (χ4n) is 1.33. The molecule has 0 aliphatic carbocycles. The molecule has 1 aromatic heterocycles. The highest BCUT2D eigenvalue weighted by molar-refractivity contribution is 8.00. The first-order chi connectivity index (χ1) is 11.2. The maximum Gasteiger partial charge on any atom is 0.394 e. The summed E-state index contributed by atoms with van der Waals surface area (Å²) in [6.07, 6.45) is 1.18. The Hall–Kier alpha value is -1.31. The first-order valence-electron chi connectivity index (χ1n) is 5.83. The van der Waals surface area contributed by atoms with Crippen molar-refractivity contribution >= 4 is 38.4 Å². The van der Waals surface area contributed by atoms with E-state index in [9.17, 15) is 4.79 Å². The fourth-order valence-corrected chi connectivity index (χ4v) is 2.26. The molecule has 2 rings (SSSR count). The molecule has 0 unspecified atom stereocenters. The highest BCUT2D eigenvalue weighted by atomic mass is 32.3. The summed E-state index contributed by atoms with van der Waals surface area (Å²) in [5.74, 6) is 0.817. The normalized spacial score (nSPS) is 20.0. The Morgan fingerprint density at radius 2 is 1.72 bits per heavy atom. The van der Waals surface area contributed by atoms with E-state index in [1.54, 1.807) is 12.3 Å². The van der Waals surface area contributed by atoms with Crippen molar-refractivity contribution in [1.29, 1.82) is 0 Å². The zero-order chi connectivity index (χ0) is 19.8. The largest absolute Gasteiger partial charge is 0.394 e. The van der Waals surface area contributed by atoms with Crippen molar-refractivity contribution in [2.75, 3.05) is 18.1 Å². The molecule has 1 fully saturated rings. The Bertz CT molecular complexity index is 760. The number of hydrogen-bond donors (Lipinski definition) is 6. The molecule has 1 aliphatic heterocycles. The topological polar surface area (TPSA) is 240 Å². The van der Waals surface area contributed by atoms with E-state index in [0.29, 0.717) is 5.75 Å². The maximum absolute atomic E-state index is 11.4. The van der Waals surface area contributed by atoms with E-state index in [0.717, 1.165) is 0 Å². The van der Waals surface area contributed by atoms with Gasteiger partial charge in [-0.25, -0.2) is 4.79 Å². The van der Waals surface area contributed by atoms with Gasteiger partial charge in [0.15, 0.2) is 0 Å². The summed E-state index contributed by atoms with van der Waals surface area (Å²) in [6.45, 7) is -0.0572. The third-order valence-electron chi connectivity index (χ3n) is 2.04. The summed E-state index contributed by atoms with van der Waals surface area (Å²) < 4.78 is 70.0. The van der Waals surface area contributed by atoms with Crippen LogP contribution in [-0.4, -0.2) is 67.5 Å². The second-order valence-electron chi connectivity index (χ2n) is 3.97. The quantitative estimate of drug-likeness (QED) is 0.284. The first kappa shape index (κ1) is 23.7. The van der Waals surface area contributed by atoms with E-state index in [4.69, 9.17) is 50.6 Å². The van der Waals surface area contributed by atoms with Crippen molar-refractivity contribution in [2.24, 2.45) is 0 Å². The van der Waals surface area contributed by atoms with Crippen LogP contribution in [0.5, 0.6) is 0 Å². The van der Waals surface area contributed by atoms with Crippen molar-refractivity contribution in [1.82, 2.24) is 9.55 Å². The smallest absolute Gasteiger partial charge is 0.393 e. The number of aliphatic hydroxyl groups excluding tert-OH is 1. The van der Waals surface area contributed by atoms with Crippen LogP contribution in [0.25, 0.3) is 0 Å². The molecular formula is C8H15N3O11S3. The number of nitrogen functional groups attached to an aromatic ring is 1. The first-order valence-corrected chi connectivity index (χ1v) is 9.67. The molecule has 2 heterocycles. The van der Waals surface area contributed by atoms with Crippen LogP contribution in [0.3, 0.4) is 0 Å². The van der Waals surface area contributed by atoms with E-state index in [1.165, 1.54) is 16.3 Å². The van der Waals surface area contributed by atoms with Crippen LogP contribution in [-0.2, 0) is 25.5 Å². The molecule has 146 valence electrons. The van der Waals surface area contributed by atoms with Gasteiger partial charge in [0.2, 0.25) is 0 Å². The third kappa shape index (κ3) is 13.6. The average Bonchev–Trinajstić information content (AvgIpc) is 2.83. The van der Waals surface area contributed by atoms with Gasteiger partial charge in [-0.15, -0.1) is 11.8 Å². The zero-order valence-corrected chi connectivity index (χ0v) is 14.6. The number of aliphatic hydroxyl groups is 1. The molecule has 1 aromatic rings. The lowest BCUT2D eigenvalue weighted by Gasteiger charge is -2.13. The molecule has 2 atom stereocenters. The van der Waals surface area contributed by atoms with Crippen LogP contribution in [0.4, 0.5) is 5.82 Å². The van der Waals surface area contributed by atoms with Gasteiger partial charge >= 0.3 is 26.5 Å². The minimum absolute atomic E-state index is 0.0572. The molecule has 0 radical (unpaired) electrons. The van der Waals surface area contributed by atoms with Crippen LogP contribution in [0.15, 0.2) is 17.1 Å². The van der Waals surface area contributed by atoms with E-state index >= 15 is 0 Å². The summed E-state index contributed by atoms with van der Waals surface area (Å²) in [5, 5.41) is 8.88.